The number of hydrogen-bond acceptors (Lipinski definition) is 3. The minimum absolute atomic E-state index is 0.222. The molecular weight excluding hydrogens is 500 g/mol. The van der Waals surface area contributed by atoms with E-state index in [0.29, 0.717) is 33.9 Å². The van der Waals surface area contributed by atoms with Crippen LogP contribution in [0.4, 0.5) is 5.69 Å². The molecule has 0 unspecified atom stereocenters. The molecule has 0 radical (unpaired) electrons. The number of carbonyl (C=O) groups is 1. The van der Waals surface area contributed by atoms with Crippen molar-refractivity contribution >= 4 is 55.2 Å². The van der Waals surface area contributed by atoms with Crippen molar-refractivity contribution in [3.8, 4) is 5.69 Å². The van der Waals surface area contributed by atoms with Crippen LogP contribution >= 0.6 is 31.9 Å². The largest absolute Gasteiger partial charge is 0.295 e. The minimum Gasteiger partial charge on any atom is -0.295 e. The van der Waals surface area contributed by atoms with Crippen molar-refractivity contribution in [1.29, 1.82) is 0 Å². The van der Waals surface area contributed by atoms with Gasteiger partial charge in [-0.15, -0.1) is 0 Å². The van der Waals surface area contributed by atoms with Crippen molar-refractivity contribution in [2.75, 3.05) is 5.01 Å². The molecule has 1 N–H and O–H groups in total. The zero-order valence-electron chi connectivity index (χ0n) is 15.6. The Morgan fingerprint density at radius 3 is 2.03 bits per heavy atom. The van der Waals surface area contributed by atoms with E-state index in [4.69, 9.17) is 0 Å². The van der Waals surface area contributed by atoms with Crippen LogP contribution in [0.1, 0.15) is 18.2 Å². The van der Waals surface area contributed by atoms with Crippen molar-refractivity contribution in [1.82, 2.24) is 9.78 Å². The summed E-state index contributed by atoms with van der Waals surface area (Å²) in [6, 6.07) is 14.7. The van der Waals surface area contributed by atoms with E-state index in [2.05, 4.69) is 42.1 Å². The van der Waals surface area contributed by atoms with E-state index < -0.39 is 0 Å². The van der Waals surface area contributed by atoms with Gasteiger partial charge in [0.1, 0.15) is 0 Å². The number of amides is 1. The van der Waals surface area contributed by atoms with Crippen LogP contribution in [0, 0.1) is 6.92 Å². The number of H-pyrrole nitrogens is 1. The molecule has 146 valence electrons. The summed E-state index contributed by atoms with van der Waals surface area (Å²) in [6.07, 6.45) is 1.61. The molecular formula is C21H16Br2N4O2. The molecule has 0 aliphatic carbocycles. The zero-order valence-corrected chi connectivity index (χ0v) is 18.8. The maximum Gasteiger partial charge on any atom is 0.280 e. The molecule has 1 aromatic heterocycles. The van der Waals surface area contributed by atoms with Crippen LogP contribution in [0.2, 0.25) is 0 Å². The third-order valence-electron chi connectivity index (χ3n) is 4.62. The van der Waals surface area contributed by atoms with Gasteiger partial charge in [0.2, 0.25) is 0 Å². The molecule has 6 nitrogen and oxygen atoms in total. The van der Waals surface area contributed by atoms with E-state index in [1.165, 1.54) is 9.69 Å². The van der Waals surface area contributed by atoms with Crippen LogP contribution in [-0.4, -0.2) is 21.4 Å². The van der Waals surface area contributed by atoms with Crippen molar-refractivity contribution in [3.05, 3.63) is 84.7 Å². The number of rotatable bonds is 3. The second kappa shape index (κ2) is 7.61. The summed E-state index contributed by atoms with van der Waals surface area (Å²) >= 11 is 6.78. The maximum absolute atomic E-state index is 13.0. The summed E-state index contributed by atoms with van der Waals surface area (Å²) < 4.78 is 3.31. The molecule has 1 amide bonds. The molecule has 0 spiro atoms. The molecule has 29 heavy (non-hydrogen) atoms. The van der Waals surface area contributed by atoms with Crippen LogP contribution in [0.15, 0.2) is 72.9 Å². The van der Waals surface area contributed by atoms with Crippen molar-refractivity contribution in [3.63, 3.8) is 0 Å². The number of halogens is 2. The van der Waals surface area contributed by atoms with Gasteiger partial charge >= 0.3 is 0 Å². The molecule has 0 saturated heterocycles. The SMILES string of the molecule is CC1=NN(c2ccc(Br)cc2)C(=O)C1=Cc1c(C)[nH]n(-c2ccc(Br)cc2)c1=O. The normalized spacial score (nSPS) is 15.3. The van der Waals surface area contributed by atoms with Gasteiger partial charge in [0.05, 0.1) is 28.2 Å². The molecule has 0 bridgehead atoms. The van der Waals surface area contributed by atoms with Crippen LogP contribution in [0.3, 0.4) is 0 Å². The molecule has 2 aromatic carbocycles. The highest BCUT2D eigenvalue weighted by atomic mass is 79.9. The number of nitrogens with one attached hydrogen (secondary N) is 1. The lowest BCUT2D eigenvalue weighted by Crippen LogP contribution is -2.21. The number of aromatic amines is 1. The Bertz CT molecular complexity index is 1220. The summed E-state index contributed by atoms with van der Waals surface area (Å²) in [4.78, 5) is 25.9. The Morgan fingerprint density at radius 1 is 0.897 bits per heavy atom. The van der Waals surface area contributed by atoms with Crippen molar-refractivity contribution in [2.45, 2.75) is 13.8 Å². The maximum atomic E-state index is 13.0. The van der Waals surface area contributed by atoms with Gasteiger partial charge in [0, 0.05) is 14.6 Å². The molecule has 8 heteroatoms. The number of carbonyl (C=O) groups excluding carboxylic acids is 1. The molecule has 3 aromatic rings. The molecule has 1 aliphatic heterocycles. The number of anilines is 1. The first-order valence-corrected chi connectivity index (χ1v) is 10.4. The smallest absolute Gasteiger partial charge is 0.280 e. The number of aromatic nitrogens is 2. The number of hydrogen-bond donors (Lipinski definition) is 1. The van der Waals surface area contributed by atoms with Gasteiger partial charge in [-0.05, 0) is 68.5 Å². The van der Waals surface area contributed by atoms with E-state index in [9.17, 15) is 9.59 Å². The lowest BCUT2D eigenvalue weighted by Gasteiger charge is -2.11. The lowest BCUT2D eigenvalue weighted by atomic mass is 10.1. The standard InChI is InChI=1S/C21H16Br2N4O2/c1-12-18(20(28)26(24-12)16-7-3-14(22)4-8-16)11-19-13(2)25-27(21(19)29)17-9-5-15(23)6-10-17/h3-11,24H,1-2H3. The summed E-state index contributed by atoms with van der Waals surface area (Å²) in [6.45, 7) is 3.57. The third kappa shape index (κ3) is 3.65. The third-order valence-corrected chi connectivity index (χ3v) is 5.68. The molecule has 0 saturated carbocycles. The fourth-order valence-corrected chi connectivity index (χ4v) is 3.62. The highest BCUT2D eigenvalue weighted by Gasteiger charge is 2.29. The summed E-state index contributed by atoms with van der Waals surface area (Å²) in [5.41, 5.74) is 3.23. The second-order valence-electron chi connectivity index (χ2n) is 6.60. The fourth-order valence-electron chi connectivity index (χ4n) is 3.09. The van der Waals surface area contributed by atoms with Gasteiger partial charge in [0.25, 0.3) is 11.5 Å². The number of hydrazone groups is 1. The second-order valence-corrected chi connectivity index (χ2v) is 8.44. The Labute approximate surface area is 183 Å². The summed E-state index contributed by atoms with van der Waals surface area (Å²) in [5.74, 6) is -0.264. The predicted molar refractivity (Wildman–Crippen MR) is 122 cm³/mol. The van der Waals surface area contributed by atoms with E-state index in [-0.39, 0.29) is 11.5 Å². The first-order valence-electron chi connectivity index (χ1n) is 8.80. The predicted octanol–water partition coefficient (Wildman–Crippen LogP) is 4.81. The van der Waals surface area contributed by atoms with Crippen LogP contribution in [-0.2, 0) is 4.79 Å². The number of aryl methyl sites for hydroxylation is 1. The van der Waals surface area contributed by atoms with Gasteiger partial charge in [-0.3, -0.25) is 14.7 Å². The molecule has 1 aliphatic rings. The Hall–Kier alpha value is -2.71. The molecule has 4 rings (SSSR count). The Morgan fingerprint density at radius 2 is 1.45 bits per heavy atom. The van der Waals surface area contributed by atoms with Crippen molar-refractivity contribution < 1.29 is 4.79 Å². The van der Waals surface area contributed by atoms with Gasteiger partial charge in [-0.25, -0.2) is 4.68 Å². The summed E-state index contributed by atoms with van der Waals surface area (Å²) in [5, 5.41) is 8.80. The fraction of sp³-hybridized carbons (Fsp3) is 0.0952. The van der Waals surface area contributed by atoms with Gasteiger partial charge in [0.15, 0.2) is 0 Å². The van der Waals surface area contributed by atoms with Gasteiger partial charge in [-0.2, -0.15) is 10.1 Å². The highest BCUT2D eigenvalue weighted by Crippen LogP contribution is 2.26. The topological polar surface area (TPSA) is 70.5 Å². The lowest BCUT2D eigenvalue weighted by molar-refractivity contribution is -0.114. The Balaban J connectivity index is 1.72. The quantitative estimate of drug-likeness (QED) is 0.509. The van der Waals surface area contributed by atoms with Crippen molar-refractivity contribution in [2.24, 2.45) is 5.10 Å². The van der Waals surface area contributed by atoms with E-state index in [1.54, 1.807) is 13.0 Å². The highest BCUT2D eigenvalue weighted by molar-refractivity contribution is 9.10. The van der Waals surface area contributed by atoms with Crippen LogP contribution < -0.4 is 10.6 Å². The minimum atomic E-state index is -0.264. The van der Waals surface area contributed by atoms with Gasteiger partial charge < -0.3 is 0 Å². The van der Waals surface area contributed by atoms with Crippen LogP contribution in [0.5, 0.6) is 0 Å². The Kier molecular flexibility index (Phi) is 5.14. The summed E-state index contributed by atoms with van der Waals surface area (Å²) in [7, 11) is 0. The number of benzene rings is 2. The van der Waals surface area contributed by atoms with E-state index in [0.717, 1.165) is 8.95 Å². The van der Waals surface area contributed by atoms with E-state index >= 15 is 0 Å². The van der Waals surface area contributed by atoms with Crippen LogP contribution in [0.25, 0.3) is 11.8 Å². The average molecular weight is 516 g/mol. The molecule has 0 fully saturated rings. The molecule has 2 heterocycles. The monoisotopic (exact) mass is 514 g/mol. The number of nitrogens with zero attached hydrogens (tertiary/aromatic N) is 3. The molecule has 0 atom stereocenters. The average Bonchev–Trinajstić information content (AvgIpc) is 3.14. The van der Waals surface area contributed by atoms with E-state index in [1.807, 2.05) is 55.5 Å². The first kappa shape index (κ1) is 19.6. The first-order chi connectivity index (χ1) is 13.8. The zero-order chi connectivity index (χ0) is 20.7. The van der Waals surface area contributed by atoms with Gasteiger partial charge in [-0.1, -0.05) is 31.9 Å².